The van der Waals surface area contributed by atoms with Crippen molar-refractivity contribution in [3.63, 3.8) is 0 Å². The fourth-order valence-electron chi connectivity index (χ4n) is 7.02. The van der Waals surface area contributed by atoms with E-state index in [0.717, 1.165) is 22.4 Å². The van der Waals surface area contributed by atoms with Gasteiger partial charge in [0.05, 0.1) is 25.6 Å². The predicted octanol–water partition coefficient (Wildman–Crippen LogP) is 8.86. The Morgan fingerprint density at radius 3 is 2.04 bits per heavy atom. The molecule has 14 heteroatoms. The molecule has 0 amide bonds. The molecule has 286 valence electrons. The van der Waals surface area contributed by atoms with Gasteiger partial charge in [0.1, 0.15) is 35.9 Å². The molecule has 2 aromatic heterocycles. The van der Waals surface area contributed by atoms with Crippen molar-refractivity contribution < 1.29 is 32.0 Å². The zero-order chi connectivity index (χ0) is 38.5. The Labute approximate surface area is 318 Å². The lowest BCUT2D eigenvalue weighted by molar-refractivity contribution is -0.106. The molecular formula is C40H50N5O7PSi. The quantitative estimate of drug-likeness (QED) is 0.0786. The average molecular weight is 772 g/mol. The van der Waals surface area contributed by atoms with E-state index < -0.39 is 52.3 Å². The number of phosphoric ester groups is 1. The molecule has 7 rings (SSSR count). The largest absolute Gasteiger partial charge is 0.497 e. The predicted molar refractivity (Wildman–Crippen MR) is 210 cm³/mol. The third-order valence-electron chi connectivity index (χ3n) is 10.7. The molecule has 0 saturated carbocycles. The smallest absolute Gasteiger partial charge is 0.475 e. The van der Waals surface area contributed by atoms with Crippen LogP contribution < -0.4 is 10.1 Å². The fraction of sp³-hybridized carbons (Fsp3) is 0.425. The van der Waals surface area contributed by atoms with Gasteiger partial charge in [0.2, 0.25) is 0 Å². The van der Waals surface area contributed by atoms with Crippen molar-refractivity contribution >= 4 is 33.1 Å². The van der Waals surface area contributed by atoms with Gasteiger partial charge in [-0.2, -0.15) is 0 Å². The van der Waals surface area contributed by atoms with Gasteiger partial charge in [-0.3, -0.25) is 18.1 Å². The maximum absolute atomic E-state index is 13.9. The first kappa shape index (κ1) is 38.3. The van der Waals surface area contributed by atoms with Crippen LogP contribution in [0.1, 0.15) is 64.5 Å². The molecule has 4 heterocycles. The van der Waals surface area contributed by atoms with E-state index in [1.54, 1.807) is 27.3 Å². The summed E-state index contributed by atoms with van der Waals surface area (Å²) in [7, 11) is -4.72. The van der Waals surface area contributed by atoms with Crippen LogP contribution in [0.15, 0.2) is 97.6 Å². The van der Waals surface area contributed by atoms with E-state index >= 15 is 0 Å². The molecule has 2 aliphatic rings. The molecule has 0 bridgehead atoms. The van der Waals surface area contributed by atoms with Crippen molar-refractivity contribution in [3.8, 4) is 5.75 Å². The number of nitrogens with one attached hydrogen (secondary N) is 1. The number of phosphoric acid groups is 1. The molecule has 2 fully saturated rings. The molecule has 6 atom stereocenters. The number of fused-ring (bicyclic) bond motifs is 2. The van der Waals surface area contributed by atoms with E-state index in [1.165, 1.54) is 6.33 Å². The van der Waals surface area contributed by atoms with E-state index in [4.69, 9.17) is 42.4 Å². The molecule has 0 spiro atoms. The summed E-state index contributed by atoms with van der Waals surface area (Å²) >= 11 is 0. The first-order valence-corrected chi connectivity index (χ1v) is 22.7. The van der Waals surface area contributed by atoms with Gasteiger partial charge in [0.15, 0.2) is 31.5 Å². The number of aromatic nitrogens is 4. The van der Waals surface area contributed by atoms with Crippen molar-refractivity contribution in [1.82, 2.24) is 19.5 Å². The van der Waals surface area contributed by atoms with Gasteiger partial charge in [-0.25, -0.2) is 19.5 Å². The minimum Gasteiger partial charge on any atom is -0.497 e. The lowest BCUT2D eigenvalue weighted by atomic mass is 9.77. The number of hydrogen-bond acceptors (Lipinski definition) is 11. The molecule has 1 N–H and O–H groups in total. The number of benzene rings is 3. The van der Waals surface area contributed by atoms with Crippen molar-refractivity contribution in [2.45, 2.75) is 102 Å². The van der Waals surface area contributed by atoms with Crippen molar-refractivity contribution in [2.24, 2.45) is 0 Å². The first-order chi connectivity index (χ1) is 25.7. The molecule has 0 radical (unpaired) electrons. The Hall–Kier alpha value is -3.94. The Morgan fingerprint density at radius 1 is 0.852 bits per heavy atom. The van der Waals surface area contributed by atoms with Gasteiger partial charge in [-0.1, -0.05) is 93.6 Å². The molecule has 54 heavy (non-hydrogen) atoms. The summed E-state index contributed by atoms with van der Waals surface area (Å²) in [5.41, 5.74) is 3.13. The van der Waals surface area contributed by atoms with Crippen LogP contribution in [0.25, 0.3) is 11.2 Å². The Balaban J connectivity index is 1.35. The van der Waals surface area contributed by atoms with Crippen LogP contribution in [0.2, 0.25) is 18.1 Å². The highest BCUT2D eigenvalue weighted by Crippen LogP contribution is 2.60. The molecule has 0 aliphatic carbocycles. The maximum Gasteiger partial charge on any atom is 0.475 e. The van der Waals surface area contributed by atoms with Crippen molar-refractivity contribution in [2.75, 3.05) is 12.4 Å². The van der Waals surface area contributed by atoms with Gasteiger partial charge in [-0.15, -0.1) is 0 Å². The van der Waals surface area contributed by atoms with Crippen LogP contribution in [0.3, 0.4) is 0 Å². The zero-order valence-electron chi connectivity index (χ0n) is 32.3. The van der Waals surface area contributed by atoms with Crippen LogP contribution in [0, 0.1) is 0 Å². The first-order valence-electron chi connectivity index (χ1n) is 18.4. The van der Waals surface area contributed by atoms with Gasteiger partial charge >= 0.3 is 7.82 Å². The van der Waals surface area contributed by atoms with E-state index in [-0.39, 0.29) is 11.1 Å². The summed E-state index contributed by atoms with van der Waals surface area (Å²) < 4.78 is 53.0. The Bertz CT molecular complexity index is 2070. The highest BCUT2D eigenvalue weighted by molar-refractivity contribution is 7.48. The topological polar surface area (TPSA) is 128 Å². The molecule has 6 unspecified atom stereocenters. The van der Waals surface area contributed by atoms with E-state index in [2.05, 4.69) is 75.6 Å². The Kier molecular flexibility index (Phi) is 10.4. The number of rotatable bonds is 11. The molecule has 2 aliphatic heterocycles. The third kappa shape index (κ3) is 7.03. The van der Waals surface area contributed by atoms with Crippen LogP contribution >= 0.6 is 7.82 Å². The minimum absolute atomic E-state index is 0.138. The van der Waals surface area contributed by atoms with Gasteiger partial charge in [0.25, 0.3) is 0 Å². The monoisotopic (exact) mass is 771 g/mol. The van der Waals surface area contributed by atoms with Crippen LogP contribution in [-0.4, -0.2) is 65.5 Å². The second-order valence-electron chi connectivity index (χ2n) is 15.7. The van der Waals surface area contributed by atoms with Crippen LogP contribution in [-0.2, 0) is 32.8 Å². The number of methoxy groups -OCH3 is 1. The van der Waals surface area contributed by atoms with Gasteiger partial charge in [0, 0.05) is 0 Å². The number of ether oxygens (including phenoxy) is 2. The summed E-state index contributed by atoms with van der Waals surface area (Å²) in [6.07, 6.45) is -0.524. The number of nitrogens with zero attached hydrogens (tertiary/aromatic N) is 4. The standard InChI is InChI=1S/C40H50N5O7PSi/c1-26(2)49-53(46)50-27(3)33-34(51-53)35(52-54(8,9)39(4,5)6)38(48-33)45-25-43-32-36(41-24-42-37(32)45)44-40(28-16-12-10-13-17-28,29-18-14-11-15-19-29)30-20-22-31(47-7)23-21-30/h10-27,33-35,38H,1-9H3,(H,41,42,44). The lowest BCUT2D eigenvalue weighted by Crippen LogP contribution is -2.51. The molecular weight excluding hydrogens is 722 g/mol. The number of anilines is 1. The van der Waals surface area contributed by atoms with Crippen molar-refractivity contribution in [1.29, 1.82) is 0 Å². The molecule has 2 saturated heterocycles. The van der Waals surface area contributed by atoms with E-state index in [9.17, 15) is 4.57 Å². The zero-order valence-corrected chi connectivity index (χ0v) is 34.2. The summed E-state index contributed by atoms with van der Waals surface area (Å²) in [6, 6.07) is 28.6. The van der Waals surface area contributed by atoms with E-state index in [1.807, 2.05) is 60.0 Å². The highest BCUT2D eigenvalue weighted by Gasteiger charge is 2.59. The molecule has 5 aromatic rings. The number of imidazole rings is 1. The van der Waals surface area contributed by atoms with E-state index in [0.29, 0.717) is 17.0 Å². The van der Waals surface area contributed by atoms with Gasteiger partial charge in [-0.05, 0) is 67.7 Å². The second-order valence-corrected chi connectivity index (χ2v) is 22.0. The molecule has 3 aromatic carbocycles. The Morgan fingerprint density at radius 2 is 1.46 bits per heavy atom. The van der Waals surface area contributed by atoms with Gasteiger partial charge < -0.3 is 19.2 Å². The van der Waals surface area contributed by atoms with Crippen LogP contribution in [0.5, 0.6) is 5.75 Å². The number of hydrogen-bond donors (Lipinski definition) is 1. The SMILES string of the molecule is COc1ccc(C(Nc2ncnc3c2ncn3C2OC3C(C)OP(=O)(OC(C)C)OC3C2O[Si](C)(C)C(C)(C)C)(c2ccccc2)c2ccccc2)cc1. The van der Waals surface area contributed by atoms with Crippen LogP contribution in [0.4, 0.5) is 5.82 Å². The average Bonchev–Trinajstić information content (AvgIpc) is 3.72. The summed E-state index contributed by atoms with van der Waals surface area (Å²) in [5.74, 6) is 1.27. The fourth-order valence-corrected chi connectivity index (χ4v) is 10.0. The normalized spacial score (nSPS) is 24.8. The summed E-state index contributed by atoms with van der Waals surface area (Å²) in [5, 5.41) is 3.71. The molecule has 12 nitrogen and oxygen atoms in total. The maximum atomic E-state index is 13.9. The highest BCUT2D eigenvalue weighted by atomic mass is 31.2. The van der Waals surface area contributed by atoms with Crippen molar-refractivity contribution in [3.05, 3.63) is 114 Å². The minimum atomic E-state index is -3.93. The summed E-state index contributed by atoms with van der Waals surface area (Å²) in [6.45, 7) is 16.3. The third-order valence-corrected chi connectivity index (χ3v) is 16.9. The lowest BCUT2D eigenvalue weighted by Gasteiger charge is -2.42. The summed E-state index contributed by atoms with van der Waals surface area (Å²) in [4.78, 5) is 14.5. The second kappa shape index (κ2) is 14.6.